The second-order valence-corrected chi connectivity index (χ2v) is 8.97. The summed E-state index contributed by atoms with van der Waals surface area (Å²) in [5.74, 6) is 0.791. The van der Waals surface area contributed by atoms with E-state index in [4.69, 9.17) is 4.74 Å². The molecule has 0 radical (unpaired) electrons. The van der Waals surface area contributed by atoms with Crippen LogP contribution in [0.5, 0.6) is 5.75 Å². The summed E-state index contributed by atoms with van der Waals surface area (Å²) in [5, 5.41) is 4.93. The van der Waals surface area contributed by atoms with Gasteiger partial charge in [-0.3, -0.25) is 4.79 Å². The fourth-order valence-corrected chi connectivity index (χ4v) is 4.85. The highest BCUT2D eigenvalue weighted by molar-refractivity contribution is 7.10. The average molecular weight is 428 g/mol. The highest BCUT2D eigenvalue weighted by Gasteiger charge is 2.37. The molecule has 2 aromatic rings. The molecule has 160 valence electrons. The van der Waals surface area contributed by atoms with Crippen LogP contribution < -0.4 is 10.1 Å². The highest BCUT2D eigenvalue weighted by atomic mass is 32.1. The molecule has 4 rings (SSSR count). The first-order valence-electron chi connectivity index (χ1n) is 10.7. The van der Waals surface area contributed by atoms with Crippen LogP contribution in [0.4, 0.5) is 4.79 Å². The standard InChI is InChI=1S/C23H29N3O3S/c1-3-24-23(28)26(17-6-7-17)14-22(27)25-12-10-21-19(11-13-30-21)20(25)15-29-18-8-4-16(2)5-9-18/h4-5,8-9,11,13,17,20H,3,6-7,10,12,14-15H2,1-2H3,(H,24,28)/t20-/m1/s1. The molecule has 0 spiro atoms. The van der Waals surface area contributed by atoms with Gasteiger partial charge in [0.25, 0.3) is 0 Å². The summed E-state index contributed by atoms with van der Waals surface area (Å²) in [6.45, 7) is 5.68. The molecule has 1 aliphatic heterocycles. The Morgan fingerprint density at radius 3 is 2.70 bits per heavy atom. The van der Waals surface area contributed by atoms with Crippen LogP contribution in [0.3, 0.4) is 0 Å². The first kappa shape index (κ1) is 20.7. The first-order chi connectivity index (χ1) is 14.6. The van der Waals surface area contributed by atoms with E-state index in [-0.39, 0.29) is 30.6 Å². The number of nitrogens with one attached hydrogen (secondary N) is 1. The van der Waals surface area contributed by atoms with Gasteiger partial charge < -0.3 is 19.9 Å². The fraction of sp³-hybridized carbons (Fsp3) is 0.478. The van der Waals surface area contributed by atoms with Gasteiger partial charge >= 0.3 is 6.03 Å². The van der Waals surface area contributed by atoms with Crippen molar-refractivity contribution in [3.05, 3.63) is 51.7 Å². The molecule has 3 amide bonds. The third kappa shape index (κ3) is 4.61. The molecule has 1 saturated carbocycles. The molecule has 6 nitrogen and oxygen atoms in total. The number of aryl methyl sites for hydroxylation is 1. The number of urea groups is 1. The van der Waals surface area contributed by atoms with Crippen LogP contribution in [-0.4, -0.2) is 54.0 Å². The molecule has 30 heavy (non-hydrogen) atoms. The molecule has 0 saturated heterocycles. The summed E-state index contributed by atoms with van der Waals surface area (Å²) in [6, 6.07) is 9.98. The molecular formula is C23H29N3O3S. The Morgan fingerprint density at radius 2 is 2.00 bits per heavy atom. The molecule has 2 heterocycles. The summed E-state index contributed by atoms with van der Waals surface area (Å²) in [7, 11) is 0. The van der Waals surface area contributed by atoms with Crippen molar-refractivity contribution in [2.75, 3.05) is 26.2 Å². The van der Waals surface area contributed by atoms with Gasteiger partial charge in [-0.2, -0.15) is 0 Å². The third-order valence-corrected chi connectivity index (χ3v) is 6.72. The minimum absolute atomic E-state index is 0.0116. The topological polar surface area (TPSA) is 61.9 Å². The predicted molar refractivity (Wildman–Crippen MR) is 118 cm³/mol. The quantitative estimate of drug-likeness (QED) is 0.732. The van der Waals surface area contributed by atoms with Gasteiger partial charge in [0.2, 0.25) is 5.91 Å². The lowest BCUT2D eigenvalue weighted by Crippen LogP contribution is -2.50. The Morgan fingerprint density at radius 1 is 1.23 bits per heavy atom. The molecule has 7 heteroatoms. The summed E-state index contributed by atoms with van der Waals surface area (Å²) in [4.78, 5) is 30.7. The van der Waals surface area contributed by atoms with Gasteiger partial charge in [-0.1, -0.05) is 17.7 Å². The van der Waals surface area contributed by atoms with Gasteiger partial charge in [-0.05, 0) is 62.3 Å². The zero-order chi connectivity index (χ0) is 21.1. The molecule has 1 atom stereocenters. The third-order valence-electron chi connectivity index (χ3n) is 5.73. The zero-order valence-electron chi connectivity index (χ0n) is 17.6. The van der Waals surface area contributed by atoms with Gasteiger partial charge in [0.15, 0.2) is 0 Å². The average Bonchev–Trinajstić information content (AvgIpc) is 3.47. The Bertz CT molecular complexity index is 891. The van der Waals surface area contributed by atoms with Gasteiger partial charge in [0.1, 0.15) is 18.9 Å². The second-order valence-electron chi connectivity index (χ2n) is 7.97. The van der Waals surface area contributed by atoms with Gasteiger partial charge in [0.05, 0.1) is 6.04 Å². The van der Waals surface area contributed by atoms with Crippen molar-refractivity contribution in [1.82, 2.24) is 15.1 Å². The lowest BCUT2D eigenvalue weighted by Gasteiger charge is -2.37. The molecular weight excluding hydrogens is 398 g/mol. The van der Waals surface area contributed by atoms with Crippen LogP contribution in [0, 0.1) is 6.92 Å². The van der Waals surface area contributed by atoms with Crippen molar-refractivity contribution in [2.45, 2.75) is 45.2 Å². The van der Waals surface area contributed by atoms with E-state index in [2.05, 4.69) is 16.8 Å². The number of hydrogen-bond donors (Lipinski definition) is 1. The number of ether oxygens (including phenoxy) is 1. The minimum atomic E-state index is -0.144. The Kier molecular flexibility index (Phi) is 6.27. The summed E-state index contributed by atoms with van der Waals surface area (Å²) in [6.07, 6.45) is 2.79. The van der Waals surface area contributed by atoms with E-state index in [1.54, 1.807) is 16.2 Å². The number of rotatable bonds is 7. The Hall–Kier alpha value is -2.54. The number of fused-ring (bicyclic) bond motifs is 1. The van der Waals surface area contributed by atoms with Gasteiger partial charge in [-0.15, -0.1) is 11.3 Å². The zero-order valence-corrected chi connectivity index (χ0v) is 18.4. The SMILES string of the molecule is CCNC(=O)N(CC(=O)N1CCc2sccc2[C@H]1COc1ccc(C)cc1)C1CC1. The van der Waals surface area contributed by atoms with Crippen LogP contribution in [-0.2, 0) is 11.2 Å². The molecule has 0 bridgehead atoms. The Labute approximate surface area is 181 Å². The van der Waals surface area contributed by atoms with Crippen LogP contribution in [0.1, 0.15) is 41.8 Å². The van der Waals surface area contributed by atoms with Crippen LogP contribution >= 0.6 is 11.3 Å². The van der Waals surface area contributed by atoms with E-state index in [1.165, 1.54) is 16.0 Å². The second kappa shape index (κ2) is 9.08. The molecule has 0 unspecified atom stereocenters. The number of hydrogen-bond acceptors (Lipinski definition) is 4. The van der Waals surface area contributed by atoms with Gasteiger partial charge in [0, 0.05) is 24.0 Å². The maximum Gasteiger partial charge on any atom is 0.318 e. The van der Waals surface area contributed by atoms with E-state index in [1.807, 2.05) is 43.0 Å². The maximum absolute atomic E-state index is 13.3. The number of carbonyl (C=O) groups is 2. The number of thiophene rings is 1. The monoisotopic (exact) mass is 427 g/mol. The number of nitrogens with zero attached hydrogens (tertiary/aromatic N) is 2. The van der Waals surface area contributed by atoms with Gasteiger partial charge in [-0.25, -0.2) is 4.79 Å². The molecule has 1 N–H and O–H groups in total. The number of benzene rings is 1. The Balaban J connectivity index is 1.49. The van der Waals surface area contributed by atoms with Crippen LogP contribution in [0.2, 0.25) is 0 Å². The van der Waals surface area contributed by atoms with Crippen molar-refractivity contribution in [1.29, 1.82) is 0 Å². The normalized spacial score (nSPS) is 17.9. The first-order valence-corrected chi connectivity index (χ1v) is 11.5. The maximum atomic E-state index is 13.3. The summed E-state index contributed by atoms with van der Waals surface area (Å²) in [5.41, 5.74) is 2.35. The molecule has 2 aliphatic rings. The lowest BCUT2D eigenvalue weighted by atomic mass is 10.0. The smallest absolute Gasteiger partial charge is 0.318 e. The molecule has 1 aromatic carbocycles. The minimum Gasteiger partial charge on any atom is -0.491 e. The highest BCUT2D eigenvalue weighted by Crippen LogP contribution is 2.34. The number of carbonyl (C=O) groups excluding carboxylic acids is 2. The number of amides is 3. The van der Waals surface area contributed by atoms with Crippen LogP contribution in [0.15, 0.2) is 35.7 Å². The molecule has 1 aliphatic carbocycles. The molecule has 1 aromatic heterocycles. The molecule has 1 fully saturated rings. The van der Waals surface area contributed by atoms with E-state index < -0.39 is 0 Å². The van der Waals surface area contributed by atoms with Crippen molar-refractivity contribution in [3.63, 3.8) is 0 Å². The largest absolute Gasteiger partial charge is 0.491 e. The van der Waals surface area contributed by atoms with Crippen molar-refractivity contribution in [2.24, 2.45) is 0 Å². The van der Waals surface area contributed by atoms with E-state index in [9.17, 15) is 9.59 Å². The summed E-state index contributed by atoms with van der Waals surface area (Å²) < 4.78 is 6.08. The van der Waals surface area contributed by atoms with Crippen molar-refractivity contribution in [3.8, 4) is 5.75 Å². The van der Waals surface area contributed by atoms with E-state index >= 15 is 0 Å². The van der Waals surface area contributed by atoms with E-state index in [0.29, 0.717) is 19.7 Å². The van der Waals surface area contributed by atoms with Crippen molar-refractivity contribution >= 4 is 23.3 Å². The summed E-state index contributed by atoms with van der Waals surface area (Å²) >= 11 is 1.74. The van der Waals surface area contributed by atoms with Crippen LogP contribution in [0.25, 0.3) is 0 Å². The predicted octanol–water partition coefficient (Wildman–Crippen LogP) is 3.76. The lowest BCUT2D eigenvalue weighted by molar-refractivity contribution is -0.135. The van der Waals surface area contributed by atoms with E-state index in [0.717, 1.165) is 25.0 Å². The fourth-order valence-electron chi connectivity index (χ4n) is 3.93. The van der Waals surface area contributed by atoms with Crippen molar-refractivity contribution < 1.29 is 14.3 Å².